The number of nitrogens with one attached hydrogen (secondary N) is 1. The molecular formula is C17H17N3O3S. The fourth-order valence-electron chi connectivity index (χ4n) is 2.79. The van der Waals surface area contributed by atoms with E-state index in [1.165, 1.54) is 34.1 Å². The number of hydrogen-bond acceptors (Lipinski definition) is 5. The highest BCUT2D eigenvalue weighted by molar-refractivity contribution is 7.14. The van der Waals surface area contributed by atoms with Crippen LogP contribution in [0.4, 0.5) is 5.69 Å². The summed E-state index contributed by atoms with van der Waals surface area (Å²) in [5, 5.41) is 15.0. The fraction of sp³-hybridized carbons (Fsp3) is 0.294. The van der Waals surface area contributed by atoms with Gasteiger partial charge in [0.15, 0.2) is 0 Å². The van der Waals surface area contributed by atoms with Crippen LogP contribution in [-0.4, -0.2) is 17.0 Å². The molecule has 0 unspecified atom stereocenters. The van der Waals surface area contributed by atoms with E-state index in [0.29, 0.717) is 22.4 Å². The second-order valence-corrected chi connectivity index (χ2v) is 6.75. The molecule has 0 bridgehead atoms. The molecule has 6 nitrogen and oxygen atoms in total. The second kappa shape index (κ2) is 6.92. The van der Waals surface area contributed by atoms with Crippen LogP contribution in [0.2, 0.25) is 0 Å². The molecule has 0 saturated heterocycles. The number of fused-ring (bicyclic) bond motifs is 1. The van der Waals surface area contributed by atoms with Crippen molar-refractivity contribution in [3.05, 3.63) is 60.8 Å². The zero-order valence-electron chi connectivity index (χ0n) is 13.2. The van der Waals surface area contributed by atoms with Gasteiger partial charge in [0.1, 0.15) is 0 Å². The number of nitrogens with zero attached hydrogens (tertiary/aromatic N) is 2. The van der Waals surface area contributed by atoms with E-state index >= 15 is 0 Å². The highest BCUT2D eigenvalue weighted by Crippen LogP contribution is 2.30. The molecule has 0 fully saturated rings. The summed E-state index contributed by atoms with van der Waals surface area (Å²) in [5.74, 6) is -0.245. The molecule has 2 aromatic rings. The maximum atomic E-state index is 12.1. The molecule has 3 rings (SSSR count). The summed E-state index contributed by atoms with van der Waals surface area (Å²) in [7, 11) is 0. The molecule has 7 heteroatoms. The lowest BCUT2D eigenvalue weighted by Crippen LogP contribution is -2.16. The Morgan fingerprint density at radius 3 is 2.96 bits per heavy atom. The number of thiophene rings is 1. The van der Waals surface area contributed by atoms with Gasteiger partial charge in [0.2, 0.25) is 0 Å². The number of nitro benzene ring substituents is 1. The van der Waals surface area contributed by atoms with Crippen LogP contribution in [0.5, 0.6) is 0 Å². The molecule has 124 valence electrons. The van der Waals surface area contributed by atoms with E-state index in [1.807, 2.05) is 13.0 Å². The lowest BCUT2D eigenvalue weighted by Gasteiger charge is -2.01. The summed E-state index contributed by atoms with van der Waals surface area (Å²) >= 11 is 1.51. The zero-order chi connectivity index (χ0) is 17.1. The molecule has 0 saturated carbocycles. The minimum atomic E-state index is -0.401. The first-order valence-electron chi connectivity index (χ1n) is 7.80. The summed E-state index contributed by atoms with van der Waals surface area (Å²) < 4.78 is 0. The highest BCUT2D eigenvalue weighted by Gasteiger charge is 2.18. The molecule has 24 heavy (non-hydrogen) atoms. The third-order valence-corrected chi connectivity index (χ3v) is 5.27. The van der Waals surface area contributed by atoms with Gasteiger partial charge in [-0.15, -0.1) is 11.3 Å². The molecular weight excluding hydrogens is 326 g/mol. The van der Waals surface area contributed by atoms with Crippen molar-refractivity contribution in [1.29, 1.82) is 0 Å². The predicted molar refractivity (Wildman–Crippen MR) is 93.9 cm³/mol. The second-order valence-electron chi connectivity index (χ2n) is 5.61. The molecule has 0 aliphatic heterocycles. The molecule has 1 N–H and O–H groups in total. The maximum absolute atomic E-state index is 12.1. The number of amides is 1. The number of hydrazone groups is 1. The van der Waals surface area contributed by atoms with Gasteiger partial charge in [-0.2, -0.15) is 5.10 Å². The van der Waals surface area contributed by atoms with Crippen LogP contribution in [-0.2, 0) is 19.3 Å². The Hall–Kier alpha value is -2.54. The Morgan fingerprint density at radius 1 is 1.42 bits per heavy atom. The molecule has 1 amide bonds. The number of aryl methyl sites for hydroxylation is 3. The Balaban J connectivity index is 1.68. The van der Waals surface area contributed by atoms with Crippen molar-refractivity contribution in [2.75, 3.05) is 0 Å². The summed E-state index contributed by atoms with van der Waals surface area (Å²) in [6.07, 6.45) is 5.26. The van der Waals surface area contributed by atoms with Crippen LogP contribution in [0.1, 0.15) is 44.6 Å². The van der Waals surface area contributed by atoms with E-state index in [0.717, 1.165) is 19.3 Å². The Bertz CT molecular complexity index is 805. The maximum Gasteiger partial charge on any atom is 0.281 e. The molecule has 1 heterocycles. The largest absolute Gasteiger partial charge is 0.281 e. The molecule has 0 spiro atoms. The van der Waals surface area contributed by atoms with Crippen molar-refractivity contribution >= 4 is 29.1 Å². The number of carbonyl (C=O) groups is 1. The summed E-state index contributed by atoms with van der Waals surface area (Å²) in [5.41, 5.74) is 5.07. The average molecular weight is 343 g/mol. The van der Waals surface area contributed by atoms with Crippen LogP contribution in [0.25, 0.3) is 0 Å². The first-order valence-corrected chi connectivity index (χ1v) is 8.62. The van der Waals surface area contributed by atoms with Crippen LogP contribution < -0.4 is 5.43 Å². The van der Waals surface area contributed by atoms with Crippen LogP contribution in [0.15, 0.2) is 29.4 Å². The van der Waals surface area contributed by atoms with Gasteiger partial charge in [-0.25, -0.2) is 5.43 Å². The molecule has 1 aliphatic carbocycles. The van der Waals surface area contributed by atoms with Crippen molar-refractivity contribution < 1.29 is 9.72 Å². The first kappa shape index (κ1) is 16.3. The Morgan fingerprint density at radius 2 is 2.25 bits per heavy atom. The van der Waals surface area contributed by atoms with Crippen molar-refractivity contribution in [3.63, 3.8) is 0 Å². The zero-order valence-corrected chi connectivity index (χ0v) is 14.1. The lowest BCUT2D eigenvalue weighted by molar-refractivity contribution is -0.385. The van der Waals surface area contributed by atoms with E-state index in [1.54, 1.807) is 12.1 Å². The van der Waals surface area contributed by atoms with Crippen LogP contribution >= 0.6 is 11.3 Å². The van der Waals surface area contributed by atoms with Gasteiger partial charge in [-0.1, -0.05) is 19.1 Å². The van der Waals surface area contributed by atoms with E-state index in [4.69, 9.17) is 0 Å². The minimum absolute atomic E-state index is 0.0717. The van der Waals surface area contributed by atoms with Crippen molar-refractivity contribution in [1.82, 2.24) is 5.43 Å². The van der Waals surface area contributed by atoms with Gasteiger partial charge in [-0.3, -0.25) is 14.9 Å². The quantitative estimate of drug-likeness (QED) is 0.512. The third kappa shape index (κ3) is 3.35. The van der Waals surface area contributed by atoms with E-state index in [-0.39, 0.29) is 11.6 Å². The van der Waals surface area contributed by atoms with Gasteiger partial charge in [0, 0.05) is 22.1 Å². The van der Waals surface area contributed by atoms with Crippen LogP contribution in [0.3, 0.4) is 0 Å². The Kier molecular flexibility index (Phi) is 4.71. The fourth-order valence-corrected chi connectivity index (χ4v) is 3.94. The number of rotatable bonds is 5. The molecule has 0 radical (unpaired) electrons. The number of nitro groups is 1. The molecule has 1 aliphatic rings. The van der Waals surface area contributed by atoms with Gasteiger partial charge >= 0.3 is 0 Å². The summed E-state index contributed by atoms with van der Waals surface area (Å²) in [6, 6.07) is 6.86. The Labute approximate surface area is 143 Å². The molecule has 1 aromatic carbocycles. The SMILES string of the molecule is CCc1ccc(/C=N\NC(=O)c2cc3c(s2)CCC3)cc1[N+](=O)[O-]. The van der Waals surface area contributed by atoms with Crippen molar-refractivity contribution in [2.24, 2.45) is 5.10 Å². The monoisotopic (exact) mass is 343 g/mol. The number of hydrogen-bond donors (Lipinski definition) is 1. The van der Waals surface area contributed by atoms with E-state index in [9.17, 15) is 14.9 Å². The van der Waals surface area contributed by atoms with Gasteiger partial charge in [0.05, 0.1) is 16.0 Å². The van der Waals surface area contributed by atoms with E-state index in [2.05, 4.69) is 10.5 Å². The minimum Gasteiger partial charge on any atom is -0.266 e. The summed E-state index contributed by atoms with van der Waals surface area (Å²) in [6.45, 7) is 1.87. The van der Waals surface area contributed by atoms with Gasteiger partial charge in [-0.05, 0) is 37.3 Å². The standard InChI is InChI=1S/C17H17N3O3S/c1-2-12-7-6-11(8-14(12)20(22)23)10-18-19-17(21)16-9-13-4-3-5-15(13)24-16/h6-10H,2-5H2,1H3,(H,19,21)/b18-10-. The normalized spacial score (nSPS) is 13.2. The first-order chi connectivity index (χ1) is 11.6. The third-order valence-electron chi connectivity index (χ3n) is 4.04. The van der Waals surface area contributed by atoms with Crippen LogP contribution in [0, 0.1) is 10.1 Å². The molecule has 0 atom stereocenters. The van der Waals surface area contributed by atoms with Gasteiger partial charge in [0.25, 0.3) is 11.6 Å². The van der Waals surface area contributed by atoms with Crippen molar-refractivity contribution in [2.45, 2.75) is 32.6 Å². The lowest BCUT2D eigenvalue weighted by atomic mass is 10.1. The number of benzene rings is 1. The average Bonchev–Trinajstić information content (AvgIpc) is 3.16. The van der Waals surface area contributed by atoms with Crippen molar-refractivity contribution in [3.8, 4) is 0 Å². The number of carbonyl (C=O) groups excluding carboxylic acids is 1. The highest BCUT2D eigenvalue weighted by atomic mass is 32.1. The topological polar surface area (TPSA) is 84.6 Å². The van der Waals surface area contributed by atoms with E-state index < -0.39 is 4.92 Å². The summed E-state index contributed by atoms with van der Waals surface area (Å²) in [4.78, 5) is 24.7. The molecule has 1 aromatic heterocycles. The smallest absolute Gasteiger partial charge is 0.266 e. The van der Waals surface area contributed by atoms with Gasteiger partial charge < -0.3 is 0 Å². The predicted octanol–water partition coefficient (Wildman–Crippen LogP) is 3.47.